The van der Waals surface area contributed by atoms with E-state index in [1.165, 1.54) is 19.3 Å². The number of halogens is 1. The number of phenolic OH excluding ortho intramolecular Hbond substituents is 1. The predicted octanol–water partition coefficient (Wildman–Crippen LogP) is 3.84. The van der Waals surface area contributed by atoms with Gasteiger partial charge in [-0.05, 0) is 59.8 Å². The second-order valence-electron chi connectivity index (χ2n) is 5.75. The first-order valence-corrected chi connectivity index (χ1v) is 9.66. The highest BCUT2D eigenvalue weighted by molar-refractivity contribution is 9.10. The summed E-state index contributed by atoms with van der Waals surface area (Å²) in [5, 5.41) is 11.8. The maximum absolute atomic E-state index is 12.5. The molecule has 1 fully saturated rings. The molecule has 1 saturated heterocycles. The van der Waals surface area contributed by atoms with Gasteiger partial charge in [0.25, 0.3) is 11.1 Å². The number of anilines is 1. The number of carbonyl (C=O) groups excluding carboxylic acids is 3. The average molecular weight is 463 g/mol. The third-order valence-electron chi connectivity index (χ3n) is 3.80. The Morgan fingerprint density at radius 2 is 1.96 bits per heavy atom. The van der Waals surface area contributed by atoms with Crippen molar-refractivity contribution < 1.29 is 24.2 Å². The first-order valence-electron chi connectivity index (χ1n) is 8.05. The second-order valence-corrected chi connectivity index (χ2v) is 7.66. The van der Waals surface area contributed by atoms with Crippen LogP contribution in [0.3, 0.4) is 0 Å². The number of ether oxygens (including phenoxy) is 1. The second kappa shape index (κ2) is 8.49. The van der Waals surface area contributed by atoms with Crippen molar-refractivity contribution in [3.8, 4) is 11.5 Å². The van der Waals surface area contributed by atoms with E-state index in [2.05, 4.69) is 21.2 Å². The minimum Gasteiger partial charge on any atom is -0.504 e. The fourth-order valence-electron chi connectivity index (χ4n) is 2.45. The number of carbonyl (C=O) groups is 3. The summed E-state index contributed by atoms with van der Waals surface area (Å²) in [5.41, 5.74) is 1.14. The van der Waals surface area contributed by atoms with Gasteiger partial charge >= 0.3 is 0 Å². The maximum Gasteiger partial charge on any atom is 0.294 e. The molecule has 9 heteroatoms. The van der Waals surface area contributed by atoms with Crippen LogP contribution in [0.15, 0.2) is 51.8 Å². The summed E-state index contributed by atoms with van der Waals surface area (Å²) in [4.78, 5) is 38.0. The number of hydrogen-bond acceptors (Lipinski definition) is 6. The van der Waals surface area contributed by atoms with Crippen molar-refractivity contribution in [1.82, 2.24) is 4.90 Å². The number of phenols is 1. The molecule has 0 saturated carbocycles. The fraction of sp³-hybridized carbons (Fsp3) is 0.105. The van der Waals surface area contributed by atoms with E-state index >= 15 is 0 Å². The molecule has 3 rings (SSSR count). The predicted molar refractivity (Wildman–Crippen MR) is 110 cm³/mol. The van der Waals surface area contributed by atoms with Crippen LogP contribution in [0.25, 0.3) is 6.08 Å². The summed E-state index contributed by atoms with van der Waals surface area (Å²) in [6.45, 7) is -0.378. The van der Waals surface area contributed by atoms with Gasteiger partial charge in [-0.1, -0.05) is 22.0 Å². The van der Waals surface area contributed by atoms with Crippen LogP contribution in [-0.4, -0.2) is 40.7 Å². The van der Waals surface area contributed by atoms with Gasteiger partial charge in [-0.15, -0.1) is 0 Å². The normalized spacial score (nSPS) is 15.2. The minimum atomic E-state index is -0.548. The molecule has 144 valence electrons. The lowest BCUT2D eigenvalue weighted by Crippen LogP contribution is -2.36. The topological polar surface area (TPSA) is 95.9 Å². The molecule has 0 radical (unpaired) electrons. The van der Waals surface area contributed by atoms with E-state index in [0.717, 1.165) is 21.1 Å². The van der Waals surface area contributed by atoms with Gasteiger partial charge < -0.3 is 15.2 Å². The lowest BCUT2D eigenvalue weighted by Gasteiger charge is -2.12. The van der Waals surface area contributed by atoms with E-state index in [1.54, 1.807) is 36.4 Å². The van der Waals surface area contributed by atoms with Gasteiger partial charge in [0.05, 0.1) is 12.0 Å². The van der Waals surface area contributed by atoms with Gasteiger partial charge in [0.15, 0.2) is 11.5 Å². The standard InChI is InChI=1S/C19H15BrN2O5S/c1-27-15-8-11(2-7-14(15)23)9-16-18(25)22(19(26)28-16)10-17(24)21-13-5-3-12(20)4-6-13/h2-9,23H,10H2,1H3,(H,21,24)/b16-9-. The highest BCUT2D eigenvalue weighted by atomic mass is 79.9. The monoisotopic (exact) mass is 462 g/mol. The lowest BCUT2D eigenvalue weighted by atomic mass is 10.2. The molecule has 2 aromatic rings. The fourth-order valence-corrected chi connectivity index (χ4v) is 3.55. The van der Waals surface area contributed by atoms with Crippen LogP contribution >= 0.6 is 27.7 Å². The number of hydrogen-bond donors (Lipinski definition) is 2. The summed E-state index contributed by atoms with van der Waals surface area (Å²) < 4.78 is 5.90. The molecule has 2 aromatic carbocycles. The summed E-state index contributed by atoms with van der Waals surface area (Å²) in [6.07, 6.45) is 1.51. The number of thioether (sulfide) groups is 1. The third-order valence-corrected chi connectivity index (χ3v) is 5.24. The number of benzene rings is 2. The zero-order valence-corrected chi connectivity index (χ0v) is 17.0. The molecule has 0 bridgehead atoms. The van der Waals surface area contributed by atoms with E-state index < -0.39 is 17.1 Å². The largest absolute Gasteiger partial charge is 0.504 e. The van der Waals surface area contributed by atoms with Crippen LogP contribution in [0.5, 0.6) is 11.5 Å². The Morgan fingerprint density at radius 1 is 1.25 bits per heavy atom. The molecule has 0 aromatic heterocycles. The van der Waals surface area contributed by atoms with Gasteiger partial charge in [0, 0.05) is 10.2 Å². The Morgan fingerprint density at radius 3 is 2.64 bits per heavy atom. The minimum absolute atomic E-state index is 0.0302. The number of nitrogens with one attached hydrogen (secondary N) is 1. The number of methoxy groups -OCH3 is 1. The summed E-state index contributed by atoms with van der Waals surface area (Å²) in [5.74, 6) is -0.801. The van der Waals surface area contributed by atoms with Crippen molar-refractivity contribution in [3.05, 3.63) is 57.4 Å². The number of imide groups is 1. The van der Waals surface area contributed by atoms with Crippen molar-refractivity contribution in [2.45, 2.75) is 0 Å². The van der Waals surface area contributed by atoms with E-state index in [9.17, 15) is 19.5 Å². The highest BCUT2D eigenvalue weighted by Crippen LogP contribution is 2.34. The summed E-state index contributed by atoms with van der Waals surface area (Å²) in [7, 11) is 1.41. The molecule has 0 aliphatic carbocycles. The number of nitrogens with zero attached hydrogens (tertiary/aromatic N) is 1. The van der Waals surface area contributed by atoms with Gasteiger partial charge in [-0.25, -0.2) is 0 Å². The van der Waals surface area contributed by atoms with Crippen molar-refractivity contribution in [1.29, 1.82) is 0 Å². The lowest BCUT2D eigenvalue weighted by molar-refractivity contribution is -0.127. The van der Waals surface area contributed by atoms with Gasteiger partial charge in [-0.2, -0.15) is 0 Å². The summed E-state index contributed by atoms with van der Waals surface area (Å²) >= 11 is 4.06. The van der Waals surface area contributed by atoms with E-state index in [1.807, 2.05) is 0 Å². The highest BCUT2D eigenvalue weighted by Gasteiger charge is 2.36. The quantitative estimate of drug-likeness (QED) is 0.655. The summed E-state index contributed by atoms with van der Waals surface area (Å²) in [6, 6.07) is 11.5. The molecule has 0 spiro atoms. The Kier molecular flexibility index (Phi) is 6.05. The molecule has 7 nitrogen and oxygen atoms in total. The first kappa shape index (κ1) is 20.0. The Hall–Kier alpha value is -2.78. The molecule has 3 amide bonds. The van der Waals surface area contributed by atoms with Gasteiger partial charge in [0.2, 0.25) is 5.91 Å². The van der Waals surface area contributed by atoms with Gasteiger partial charge in [-0.3, -0.25) is 19.3 Å². The SMILES string of the molecule is COc1cc(/C=C2\SC(=O)N(CC(=O)Nc3ccc(Br)cc3)C2=O)ccc1O. The van der Waals surface area contributed by atoms with Crippen LogP contribution in [0.2, 0.25) is 0 Å². The molecule has 2 N–H and O–H groups in total. The molecule has 28 heavy (non-hydrogen) atoms. The molecule has 1 aliphatic heterocycles. The van der Waals surface area contributed by atoms with E-state index in [0.29, 0.717) is 11.3 Å². The molecule has 0 atom stereocenters. The number of amides is 3. The van der Waals surface area contributed by atoms with Crippen LogP contribution in [0, 0.1) is 0 Å². The first-order chi connectivity index (χ1) is 13.4. The average Bonchev–Trinajstić information content (AvgIpc) is 2.92. The molecule has 1 heterocycles. The van der Waals surface area contributed by atoms with E-state index in [4.69, 9.17) is 4.74 Å². The van der Waals surface area contributed by atoms with Crippen LogP contribution < -0.4 is 10.1 Å². The van der Waals surface area contributed by atoms with Crippen molar-refractivity contribution in [2.24, 2.45) is 0 Å². The smallest absolute Gasteiger partial charge is 0.294 e. The number of aromatic hydroxyl groups is 1. The molecular formula is C19H15BrN2O5S. The molecule has 0 unspecified atom stereocenters. The van der Waals surface area contributed by atoms with Crippen molar-refractivity contribution in [2.75, 3.05) is 19.0 Å². The zero-order valence-electron chi connectivity index (χ0n) is 14.6. The molecule has 1 aliphatic rings. The van der Waals surface area contributed by atoms with E-state index in [-0.39, 0.29) is 22.9 Å². The van der Waals surface area contributed by atoms with Crippen molar-refractivity contribution >= 4 is 56.5 Å². The van der Waals surface area contributed by atoms with Crippen molar-refractivity contribution in [3.63, 3.8) is 0 Å². The van der Waals surface area contributed by atoms with Crippen LogP contribution in [0.1, 0.15) is 5.56 Å². The van der Waals surface area contributed by atoms with Crippen LogP contribution in [-0.2, 0) is 9.59 Å². The maximum atomic E-state index is 12.5. The number of rotatable bonds is 5. The van der Waals surface area contributed by atoms with Gasteiger partial charge in [0.1, 0.15) is 6.54 Å². The zero-order chi connectivity index (χ0) is 20.3. The Labute approximate surface area is 173 Å². The molecular weight excluding hydrogens is 448 g/mol. The Balaban J connectivity index is 1.70. The third kappa shape index (κ3) is 4.55. The van der Waals surface area contributed by atoms with Crippen LogP contribution in [0.4, 0.5) is 10.5 Å². The Bertz CT molecular complexity index is 975.